The van der Waals surface area contributed by atoms with Crippen LogP contribution in [0.5, 0.6) is 0 Å². The van der Waals surface area contributed by atoms with Crippen LogP contribution in [0, 0.1) is 0 Å². The minimum atomic E-state index is -0.675. The minimum Gasteiger partial charge on any atom is -0.352 e. The van der Waals surface area contributed by atoms with Crippen molar-refractivity contribution in [3.63, 3.8) is 0 Å². The number of rotatable bonds is 12. The maximum atomic E-state index is 13.7. The van der Waals surface area contributed by atoms with E-state index >= 15 is 0 Å². The van der Waals surface area contributed by atoms with Gasteiger partial charge in [0, 0.05) is 34.8 Å². The largest absolute Gasteiger partial charge is 0.352 e. The van der Waals surface area contributed by atoms with Crippen molar-refractivity contribution in [3.8, 4) is 0 Å². The number of nitrogens with zero attached hydrogens (tertiary/aromatic N) is 1. The lowest BCUT2D eigenvalue weighted by Crippen LogP contribution is -2.52. The van der Waals surface area contributed by atoms with Crippen LogP contribution in [0.1, 0.15) is 37.0 Å². The monoisotopic (exact) mass is 542 g/mol. The van der Waals surface area contributed by atoms with E-state index < -0.39 is 6.04 Å². The first-order chi connectivity index (χ1) is 17.4. The van der Waals surface area contributed by atoms with Crippen LogP contribution in [0.4, 0.5) is 0 Å². The Morgan fingerprint density at radius 2 is 1.47 bits per heavy atom. The molecule has 0 saturated carbocycles. The average molecular weight is 544 g/mol. The number of halogens is 2. The van der Waals surface area contributed by atoms with Crippen LogP contribution in [0.25, 0.3) is 0 Å². The average Bonchev–Trinajstić information content (AvgIpc) is 2.88. The number of nitrogens with one attached hydrogen (secondary N) is 1. The molecule has 3 aromatic rings. The van der Waals surface area contributed by atoms with Gasteiger partial charge in [-0.05, 0) is 42.2 Å². The van der Waals surface area contributed by atoms with Crippen molar-refractivity contribution in [3.05, 3.63) is 106 Å². The highest BCUT2D eigenvalue weighted by atomic mass is 35.5. The van der Waals surface area contributed by atoms with E-state index in [2.05, 4.69) is 5.32 Å². The Kier molecular flexibility index (Phi) is 11.2. The van der Waals surface area contributed by atoms with E-state index in [0.29, 0.717) is 22.2 Å². The molecule has 2 unspecified atom stereocenters. The summed E-state index contributed by atoms with van der Waals surface area (Å²) in [7, 11) is 0. The van der Waals surface area contributed by atoms with E-state index in [-0.39, 0.29) is 30.2 Å². The highest BCUT2D eigenvalue weighted by Gasteiger charge is 2.31. The number of hydrogen-bond acceptors (Lipinski definition) is 3. The molecule has 0 aliphatic carbocycles. The van der Waals surface area contributed by atoms with Gasteiger partial charge in [-0.25, -0.2) is 0 Å². The van der Waals surface area contributed by atoms with Crippen molar-refractivity contribution >= 4 is 46.8 Å². The SMILES string of the molecule is CCC(C)NC(=O)C(Cc1ccccc1)N(Cc1ccccc1Cl)C(=O)CSCc1ccccc1Cl. The molecule has 0 spiro atoms. The van der Waals surface area contributed by atoms with Gasteiger partial charge in [-0.15, -0.1) is 11.8 Å². The molecule has 190 valence electrons. The fraction of sp³-hybridized carbons (Fsp3) is 0.310. The van der Waals surface area contributed by atoms with Gasteiger partial charge >= 0.3 is 0 Å². The van der Waals surface area contributed by atoms with Crippen LogP contribution < -0.4 is 5.32 Å². The fourth-order valence-electron chi connectivity index (χ4n) is 3.75. The lowest BCUT2D eigenvalue weighted by Gasteiger charge is -2.32. The maximum Gasteiger partial charge on any atom is 0.243 e. The number of benzene rings is 3. The zero-order valence-electron chi connectivity index (χ0n) is 20.6. The Morgan fingerprint density at radius 1 is 0.889 bits per heavy atom. The Balaban J connectivity index is 1.87. The molecule has 7 heteroatoms. The van der Waals surface area contributed by atoms with Crippen molar-refractivity contribution in [1.82, 2.24) is 10.2 Å². The summed E-state index contributed by atoms with van der Waals surface area (Å²) in [6.07, 6.45) is 1.21. The third kappa shape index (κ3) is 8.29. The molecule has 0 aliphatic heterocycles. The third-order valence-corrected chi connectivity index (χ3v) is 7.72. The van der Waals surface area contributed by atoms with Gasteiger partial charge in [-0.3, -0.25) is 9.59 Å². The topological polar surface area (TPSA) is 49.4 Å². The normalized spacial score (nSPS) is 12.6. The van der Waals surface area contributed by atoms with Crippen LogP contribution >= 0.6 is 35.0 Å². The Morgan fingerprint density at radius 3 is 2.08 bits per heavy atom. The van der Waals surface area contributed by atoms with Crippen molar-refractivity contribution in [2.45, 2.75) is 51.1 Å². The van der Waals surface area contributed by atoms with Gasteiger partial charge < -0.3 is 10.2 Å². The molecule has 36 heavy (non-hydrogen) atoms. The van der Waals surface area contributed by atoms with Crippen LogP contribution in [0.3, 0.4) is 0 Å². The molecule has 1 N–H and O–H groups in total. The van der Waals surface area contributed by atoms with E-state index in [9.17, 15) is 9.59 Å². The van der Waals surface area contributed by atoms with Crippen molar-refractivity contribution in [2.24, 2.45) is 0 Å². The zero-order chi connectivity index (χ0) is 25.9. The summed E-state index contributed by atoms with van der Waals surface area (Å²) in [5.41, 5.74) is 2.77. The third-order valence-electron chi connectivity index (χ3n) is 6.01. The van der Waals surface area contributed by atoms with Gasteiger partial charge in [0.25, 0.3) is 0 Å². The number of amides is 2. The number of carbonyl (C=O) groups is 2. The van der Waals surface area contributed by atoms with Crippen molar-refractivity contribution < 1.29 is 9.59 Å². The van der Waals surface area contributed by atoms with Crippen LogP contribution in [0.2, 0.25) is 10.0 Å². The molecule has 2 atom stereocenters. The van der Waals surface area contributed by atoms with Crippen LogP contribution in [0.15, 0.2) is 78.9 Å². The molecule has 2 amide bonds. The van der Waals surface area contributed by atoms with E-state index in [1.54, 1.807) is 11.0 Å². The second-order valence-electron chi connectivity index (χ2n) is 8.72. The van der Waals surface area contributed by atoms with Gasteiger partial charge in [0.2, 0.25) is 11.8 Å². The highest BCUT2D eigenvalue weighted by Crippen LogP contribution is 2.24. The molecule has 3 rings (SSSR count). The standard InChI is InChI=1S/C29H32Cl2N2O2S/c1-3-21(2)32-29(35)27(17-22-11-5-4-6-12-22)33(18-23-13-7-9-15-25(23)30)28(34)20-36-19-24-14-8-10-16-26(24)31/h4-16,21,27H,3,17-20H2,1-2H3,(H,32,35). The first-order valence-electron chi connectivity index (χ1n) is 12.1. The predicted octanol–water partition coefficient (Wildman–Crippen LogP) is 6.78. The lowest BCUT2D eigenvalue weighted by molar-refractivity contribution is -0.139. The lowest BCUT2D eigenvalue weighted by atomic mass is 10.0. The number of thioether (sulfide) groups is 1. The molecule has 0 fully saturated rings. The smallest absolute Gasteiger partial charge is 0.243 e. The van der Waals surface area contributed by atoms with Crippen LogP contribution in [-0.2, 0) is 28.3 Å². The van der Waals surface area contributed by atoms with Crippen molar-refractivity contribution in [2.75, 3.05) is 5.75 Å². The molecule has 0 heterocycles. The first kappa shape index (κ1) is 28.1. The molecular weight excluding hydrogens is 511 g/mol. The molecule has 0 aromatic heterocycles. The molecular formula is C29H32Cl2N2O2S. The van der Waals surface area contributed by atoms with Crippen molar-refractivity contribution in [1.29, 1.82) is 0 Å². The second kappa shape index (κ2) is 14.3. The maximum absolute atomic E-state index is 13.7. The summed E-state index contributed by atoms with van der Waals surface area (Å²) in [5.74, 6) is 0.544. The van der Waals surface area contributed by atoms with Gasteiger partial charge in [0.15, 0.2) is 0 Å². The van der Waals surface area contributed by atoms with E-state index in [4.69, 9.17) is 23.2 Å². The molecule has 3 aromatic carbocycles. The molecule has 0 aliphatic rings. The summed E-state index contributed by atoms with van der Waals surface area (Å²) in [5, 5.41) is 4.34. The highest BCUT2D eigenvalue weighted by molar-refractivity contribution is 7.99. The van der Waals surface area contributed by atoms with Gasteiger partial charge in [-0.1, -0.05) is 96.9 Å². The first-order valence-corrected chi connectivity index (χ1v) is 14.0. The summed E-state index contributed by atoms with van der Waals surface area (Å²) in [6.45, 7) is 4.24. The van der Waals surface area contributed by atoms with Gasteiger partial charge in [-0.2, -0.15) is 0 Å². The van der Waals surface area contributed by atoms with Crippen LogP contribution in [-0.4, -0.2) is 34.6 Å². The summed E-state index contributed by atoms with van der Waals surface area (Å²) >= 11 is 14.2. The van der Waals surface area contributed by atoms with Gasteiger partial charge in [0.05, 0.1) is 5.75 Å². The van der Waals surface area contributed by atoms with E-state index in [0.717, 1.165) is 23.1 Å². The summed E-state index contributed by atoms with van der Waals surface area (Å²) in [4.78, 5) is 28.9. The minimum absolute atomic E-state index is 0.00244. The fourth-order valence-corrected chi connectivity index (χ4v) is 5.14. The zero-order valence-corrected chi connectivity index (χ0v) is 23.0. The van der Waals surface area contributed by atoms with E-state index in [1.807, 2.05) is 86.6 Å². The molecule has 0 bridgehead atoms. The predicted molar refractivity (Wildman–Crippen MR) is 151 cm³/mol. The van der Waals surface area contributed by atoms with E-state index in [1.165, 1.54) is 11.8 Å². The quantitative estimate of drug-likeness (QED) is 0.274. The molecule has 4 nitrogen and oxygen atoms in total. The molecule has 0 radical (unpaired) electrons. The molecule has 0 saturated heterocycles. The summed E-state index contributed by atoms with van der Waals surface area (Å²) in [6, 6.07) is 24.2. The van der Waals surface area contributed by atoms with Gasteiger partial charge in [0.1, 0.15) is 6.04 Å². The second-order valence-corrected chi connectivity index (χ2v) is 10.5. The Bertz CT molecular complexity index is 1140. The number of carbonyl (C=O) groups excluding carboxylic acids is 2. The number of hydrogen-bond donors (Lipinski definition) is 1. The Labute approximate surface area is 228 Å². The Hall–Kier alpha value is -2.47. The summed E-state index contributed by atoms with van der Waals surface area (Å²) < 4.78 is 0.